The number of carbonyl (C=O) groups excluding carboxylic acids is 1. The van der Waals surface area contributed by atoms with E-state index in [-0.39, 0.29) is 5.91 Å². The monoisotopic (exact) mass is 338 g/mol. The SMILES string of the molecule is O=C(NCCc1nnc2n1CCCCC2)C1=Cc2ccccc2OC1. The Balaban J connectivity index is 1.36. The maximum Gasteiger partial charge on any atom is 0.250 e. The van der Waals surface area contributed by atoms with E-state index in [2.05, 4.69) is 20.1 Å². The van der Waals surface area contributed by atoms with Gasteiger partial charge in [-0.3, -0.25) is 4.79 Å². The van der Waals surface area contributed by atoms with Gasteiger partial charge >= 0.3 is 0 Å². The first kappa shape index (κ1) is 15.9. The molecule has 1 aromatic heterocycles. The number of rotatable bonds is 4. The normalized spacial score (nSPS) is 16.1. The topological polar surface area (TPSA) is 69.0 Å². The number of fused-ring (bicyclic) bond motifs is 2. The molecule has 2 aliphatic rings. The summed E-state index contributed by atoms with van der Waals surface area (Å²) in [6.45, 7) is 1.85. The minimum Gasteiger partial charge on any atom is -0.488 e. The molecule has 6 heteroatoms. The minimum absolute atomic E-state index is 0.0786. The Kier molecular flexibility index (Phi) is 4.50. The number of ether oxygens (including phenoxy) is 1. The lowest BCUT2D eigenvalue weighted by Gasteiger charge is -2.17. The summed E-state index contributed by atoms with van der Waals surface area (Å²) in [7, 11) is 0. The summed E-state index contributed by atoms with van der Waals surface area (Å²) in [4.78, 5) is 12.4. The number of hydrogen-bond acceptors (Lipinski definition) is 4. The van der Waals surface area contributed by atoms with Crippen molar-refractivity contribution < 1.29 is 9.53 Å². The van der Waals surface area contributed by atoms with Crippen LogP contribution in [0.5, 0.6) is 5.75 Å². The molecule has 130 valence electrons. The molecule has 0 saturated heterocycles. The second kappa shape index (κ2) is 7.09. The van der Waals surface area contributed by atoms with Crippen LogP contribution in [0.2, 0.25) is 0 Å². The van der Waals surface area contributed by atoms with Crippen LogP contribution in [0.25, 0.3) is 6.08 Å². The van der Waals surface area contributed by atoms with Crippen molar-refractivity contribution in [3.05, 3.63) is 47.1 Å². The summed E-state index contributed by atoms with van der Waals surface area (Å²) in [6.07, 6.45) is 7.21. The molecular formula is C19H22N4O2. The summed E-state index contributed by atoms with van der Waals surface area (Å²) in [5.74, 6) is 2.80. The number of aromatic nitrogens is 3. The van der Waals surface area contributed by atoms with Crippen LogP contribution in [0, 0.1) is 0 Å². The first-order chi connectivity index (χ1) is 12.3. The highest BCUT2D eigenvalue weighted by atomic mass is 16.5. The van der Waals surface area contributed by atoms with Crippen molar-refractivity contribution in [3.63, 3.8) is 0 Å². The largest absolute Gasteiger partial charge is 0.488 e. The van der Waals surface area contributed by atoms with E-state index in [0.29, 0.717) is 25.1 Å². The van der Waals surface area contributed by atoms with Crippen molar-refractivity contribution in [3.8, 4) is 5.75 Å². The third kappa shape index (κ3) is 3.43. The van der Waals surface area contributed by atoms with Crippen molar-refractivity contribution in [1.29, 1.82) is 0 Å². The van der Waals surface area contributed by atoms with Crippen LogP contribution in [0.1, 0.15) is 36.5 Å². The van der Waals surface area contributed by atoms with Gasteiger partial charge in [0.25, 0.3) is 5.91 Å². The number of amides is 1. The zero-order chi connectivity index (χ0) is 17.1. The maximum atomic E-state index is 12.4. The number of benzene rings is 1. The van der Waals surface area contributed by atoms with E-state index >= 15 is 0 Å². The molecule has 1 N–H and O–H groups in total. The van der Waals surface area contributed by atoms with Gasteiger partial charge in [-0.25, -0.2) is 0 Å². The van der Waals surface area contributed by atoms with Crippen LogP contribution >= 0.6 is 0 Å². The van der Waals surface area contributed by atoms with E-state index in [4.69, 9.17) is 4.74 Å². The number of carbonyl (C=O) groups is 1. The molecule has 0 atom stereocenters. The van der Waals surface area contributed by atoms with E-state index in [0.717, 1.165) is 35.9 Å². The fraction of sp³-hybridized carbons (Fsp3) is 0.421. The van der Waals surface area contributed by atoms with Gasteiger partial charge in [0.1, 0.15) is 24.0 Å². The van der Waals surface area contributed by atoms with Crippen LogP contribution in [0.3, 0.4) is 0 Å². The zero-order valence-electron chi connectivity index (χ0n) is 14.2. The molecule has 0 bridgehead atoms. The molecule has 2 aromatic rings. The van der Waals surface area contributed by atoms with Gasteiger partial charge in [0.05, 0.1) is 5.57 Å². The maximum absolute atomic E-state index is 12.4. The smallest absolute Gasteiger partial charge is 0.250 e. The summed E-state index contributed by atoms with van der Waals surface area (Å²) in [6, 6.07) is 7.74. The molecular weight excluding hydrogens is 316 g/mol. The Morgan fingerprint density at radius 3 is 3.08 bits per heavy atom. The van der Waals surface area contributed by atoms with E-state index in [1.807, 2.05) is 30.3 Å². The lowest BCUT2D eigenvalue weighted by molar-refractivity contribution is -0.117. The lowest BCUT2D eigenvalue weighted by Crippen LogP contribution is -2.30. The molecule has 0 spiro atoms. The highest BCUT2D eigenvalue weighted by molar-refractivity contribution is 5.99. The van der Waals surface area contributed by atoms with Crippen molar-refractivity contribution in [1.82, 2.24) is 20.1 Å². The molecule has 4 rings (SSSR count). The first-order valence-corrected chi connectivity index (χ1v) is 8.93. The third-order valence-corrected chi connectivity index (χ3v) is 4.74. The molecule has 2 aliphatic heterocycles. The van der Waals surface area contributed by atoms with Crippen LogP contribution in [0.15, 0.2) is 29.8 Å². The van der Waals surface area contributed by atoms with Gasteiger partial charge in [0.2, 0.25) is 0 Å². The second-order valence-electron chi connectivity index (χ2n) is 6.50. The van der Waals surface area contributed by atoms with Crippen molar-refractivity contribution in [2.45, 2.75) is 38.6 Å². The first-order valence-electron chi connectivity index (χ1n) is 8.93. The van der Waals surface area contributed by atoms with Gasteiger partial charge in [-0.05, 0) is 25.0 Å². The molecule has 0 fully saturated rings. The van der Waals surface area contributed by atoms with E-state index < -0.39 is 0 Å². The number of nitrogens with zero attached hydrogens (tertiary/aromatic N) is 3. The quantitative estimate of drug-likeness (QED) is 0.927. The van der Waals surface area contributed by atoms with E-state index in [1.165, 1.54) is 19.3 Å². The molecule has 0 unspecified atom stereocenters. The minimum atomic E-state index is -0.0786. The Labute approximate surface area is 146 Å². The molecule has 1 amide bonds. The summed E-state index contributed by atoms with van der Waals surface area (Å²) >= 11 is 0. The summed E-state index contributed by atoms with van der Waals surface area (Å²) < 4.78 is 7.86. The molecule has 0 saturated carbocycles. The van der Waals surface area contributed by atoms with E-state index in [1.54, 1.807) is 0 Å². The average Bonchev–Trinajstić information content (AvgIpc) is 2.88. The number of hydrogen-bond donors (Lipinski definition) is 1. The molecule has 25 heavy (non-hydrogen) atoms. The predicted molar refractivity (Wildman–Crippen MR) is 94.2 cm³/mol. The summed E-state index contributed by atoms with van der Waals surface area (Å²) in [5, 5.41) is 11.6. The third-order valence-electron chi connectivity index (χ3n) is 4.74. The lowest BCUT2D eigenvalue weighted by atomic mass is 10.1. The molecule has 3 heterocycles. The predicted octanol–water partition coefficient (Wildman–Crippen LogP) is 2.14. The van der Waals surface area contributed by atoms with Crippen molar-refractivity contribution >= 4 is 12.0 Å². The van der Waals surface area contributed by atoms with Gasteiger partial charge in [-0.1, -0.05) is 24.6 Å². The number of para-hydroxylation sites is 1. The van der Waals surface area contributed by atoms with Crippen LogP contribution in [-0.2, 0) is 24.2 Å². The van der Waals surface area contributed by atoms with Crippen LogP contribution < -0.4 is 10.1 Å². The van der Waals surface area contributed by atoms with Gasteiger partial charge in [0.15, 0.2) is 0 Å². The van der Waals surface area contributed by atoms with Crippen molar-refractivity contribution in [2.24, 2.45) is 0 Å². The van der Waals surface area contributed by atoms with Gasteiger partial charge in [-0.15, -0.1) is 10.2 Å². The van der Waals surface area contributed by atoms with E-state index in [9.17, 15) is 4.79 Å². The second-order valence-corrected chi connectivity index (χ2v) is 6.50. The Hall–Kier alpha value is -2.63. The van der Waals surface area contributed by atoms with Gasteiger partial charge in [0, 0.05) is 31.5 Å². The Morgan fingerprint density at radius 2 is 2.12 bits per heavy atom. The highest BCUT2D eigenvalue weighted by Crippen LogP contribution is 2.25. The standard InChI is InChI=1S/C19H22N4O2/c24-19(15-12-14-6-3-4-7-16(14)25-13-15)20-10-9-18-22-21-17-8-2-1-5-11-23(17)18/h3-4,6-7,12H,1-2,5,8-11,13H2,(H,20,24). The fourth-order valence-electron chi connectivity index (χ4n) is 3.38. The van der Waals surface area contributed by atoms with Crippen LogP contribution in [-0.4, -0.2) is 33.8 Å². The van der Waals surface area contributed by atoms with Gasteiger partial charge in [-0.2, -0.15) is 0 Å². The average molecular weight is 338 g/mol. The van der Waals surface area contributed by atoms with Crippen LogP contribution in [0.4, 0.5) is 0 Å². The number of nitrogens with one attached hydrogen (secondary N) is 1. The summed E-state index contributed by atoms with van der Waals surface area (Å²) in [5.41, 5.74) is 1.60. The molecule has 1 aromatic carbocycles. The Bertz CT molecular complexity index is 810. The highest BCUT2D eigenvalue weighted by Gasteiger charge is 2.18. The number of aryl methyl sites for hydroxylation is 1. The molecule has 0 aliphatic carbocycles. The molecule has 6 nitrogen and oxygen atoms in total. The Morgan fingerprint density at radius 1 is 1.20 bits per heavy atom. The van der Waals surface area contributed by atoms with Crippen molar-refractivity contribution in [2.75, 3.05) is 13.2 Å². The zero-order valence-corrected chi connectivity index (χ0v) is 14.2. The molecule has 0 radical (unpaired) electrons. The van der Waals surface area contributed by atoms with Gasteiger partial charge < -0.3 is 14.6 Å². The fourth-order valence-corrected chi connectivity index (χ4v) is 3.38.